The zero-order valence-electron chi connectivity index (χ0n) is 14.5. The van der Waals surface area contributed by atoms with Crippen LogP contribution in [0.1, 0.15) is 24.7 Å². The summed E-state index contributed by atoms with van der Waals surface area (Å²) in [7, 11) is 0. The van der Waals surface area contributed by atoms with Crippen molar-refractivity contribution in [3.63, 3.8) is 0 Å². The van der Waals surface area contributed by atoms with Crippen molar-refractivity contribution in [1.29, 1.82) is 0 Å². The first-order chi connectivity index (χ1) is 13.4. The van der Waals surface area contributed by atoms with Crippen LogP contribution >= 0.6 is 15.9 Å². The number of halogens is 4. The predicted octanol–water partition coefficient (Wildman–Crippen LogP) is 4.11. The Bertz CT molecular complexity index is 1150. The fourth-order valence-electron chi connectivity index (χ4n) is 2.91. The van der Waals surface area contributed by atoms with Crippen molar-refractivity contribution < 1.29 is 13.2 Å². The van der Waals surface area contributed by atoms with Crippen LogP contribution in [0, 0.1) is 0 Å². The van der Waals surface area contributed by atoms with Gasteiger partial charge in [-0.2, -0.15) is 18.3 Å². The molecule has 7 nitrogen and oxygen atoms in total. The van der Waals surface area contributed by atoms with E-state index in [2.05, 4.69) is 41.1 Å². The SMILES string of the molecule is CCCc1c(-c2ccnn2-c2ncccc2Br)ncn2nc(C(F)(F)F)nc12. The van der Waals surface area contributed by atoms with Gasteiger partial charge in [0.05, 0.1) is 22.1 Å². The van der Waals surface area contributed by atoms with Crippen LogP contribution in [0.4, 0.5) is 13.2 Å². The molecule has 11 heteroatoms. The van der Waals surface area contributed by atoms with E-state index in [4.69, 9.17) is 0 Å². The van der Waals surface area contributed by atoms with E-state index in [-0.39, 0.29) is 5.65 Å². The Labute approximate surface area is 165 Å². The Balaban J connectivity index is 1.94. The largest absolute Gasteiger partial charge is 0.453 e. The molecule has 0 saturated heterocycles. The lowest BCUT2D eigenvalue weighted by molar-refractivity contribution is -0.144. The monoisotopic (exact) mass is 451 g/mol. The second-order valence-electron chi connectivity index (χ2n) is 5.96. The highest BCUT2D eigenvalue weighted by atomic mass is 79.9. The van der Waals surface area contributed by atoms with E-state index in [1.54, 1.807) is 29.2 Å². The van der Waals surface area contributed by atoms with E-state index in [9.17, 15) is 13.2 Å². The lowest BCUT2D eigenvalue weighted by Gasteiger charge is -2.11. The van der Waals surface area contributed by atoms with E-state index in [1.807, 2.05) is 13.0 Å². The summed E-state index contributed by atoms with van der Waals surface area (Å²) < 4.78 is 42.6. The average molecular weight is 452 g/mol. The first kappa shape index (κ1) is 18.5. The number of rotatable bonds is 4. The van der Waals surface area contributed by atoms with Crippen molar-refractivity contribution in [1.82, 2.24) is 34.3 Å². The average Bonchev–Trinajstić information content (AvgIpc) is 3.29. The number of fused-ring (bicyclic) bond motifs is 1. The molecule has 4 aromatic rings. The first-order valence-corrected chi connectivity index (χ1v) is 9.16. The molecule has 4 aromatic heterocycles. The summed E-state index contributed by atoms with van der Waals surface area (Å²) in [4.78, 5) is 12.4. The fraction of sp³-hybridized carbons (Fsp3) is 0.235. The Morgan fingerprint density at radius 3 is 2.68 bits per heavy atom. The predicted molar refractivity (Wildman–Crippen MR) is 97.8 cm³/mol. The highest BCUT2D eigenvalue weighted by Crippen LogP contribution is 2.31. The van der Waals surface area contributed by atoms with Crippen molar-refractivity contribution in [3.05, 3.63) is 52.8 Å². The van der Waals surface area contributed by atoms with Crippen LogP contribution in [0.3, 0.4) is 0 Å². The molecular formula is C17H13BrF3N7. The molecule has 0 radical (unpaired) electrons. The summed E-state index contributed by atoms with van der Waals surface area (Å²) in [6, 6.07) is 5.34. The zero-order valence-corrected chi connectivity index (χ0v) is 16.1. The highest BCUT2D eigenvalue weighted by molar-refractivity contribution is 9.10. The Hall–Kier alpha value is -2.82. The second kappa shape index (κ2) is 6.97. The van der Waals surface area contributed by atoms with Crippen molar-refractivity contribution >= 4 is 21.6 Å². The van der Waals surface area contributed by atoms with Crippen LogP contribution in [-0.2, 0) is 12.6 Å². The van der Waals surface area contributed by atoms with Gasteiger partial charge >= 0.3 is 6.18 Å². The minimum absolute atomic E-state index is 0.131. The maximum absolute atomic E-state index is 13.1. The van der Waals surface area contributed by atoms with Crippen LogP contribution < -0.4 is 0 Å². The molecule has 0 aliphatic rings. The summed E-state index contributed by atoms with van der Waals surface area (Å²) in [6.45, 7) is 1.93. The van der Waals surface area contributed by atoms with Crippen molar-refractivity contribution in [2.24, 2.45) is 0 Å². The van der Waals surface area contributed by atoms with E-state index in [0.29, 0.717) is 35.6 Å². The molecule has 4 heterocycles. The smallest absolute Gasteiger partial charge is 0.236 e. The van der Waals surface area contributed by atoms with Gasteiger partial charge in [0.2, 0.25) is 0 Å². The molecular weight excluding hydrogens is 439 g/mol. The lowest BCUT2D eigenvalue weighted by Crippen LogP contribution is -2.07. The van der Waals surface area contributed by atoms with Crippen LogP contribution in [0.25, 0.3) is 22.9 Å². The molecule has 0 aromatic carbocycles. The van der Waals surface area contributed by atoms with Gasteiger partial charge in [0.15, 0.2) is 11.5 Å². The van der Waals surface area contributed by atoms with Gasteiger partial charge < -0.3 is 0 Å². The number of nitrogens with zero attached hydrogens (tertiary/aromatic N) is 7. The molecule has 144 valence electrons. The lowest BCUT2D eigenvalue weighted by atomic mass is 10.1. The zero-order chi connectivity index (χ0) is 19.9. The molecule has 0 saturated carbocycles. The molecule has 4 rings (SSSR count). The number of alkyl halides is 3. The Morgan fingerprint density at radius 2 is 1.96 bits per heavy atom. The minimum Gasteiger partial charge on any atom is -0.236 e. The number of pyridine rings is 1. The van der Waals surface area contributed by atoms with Crippen molar-refractivity contribution in [2.45, 2.75) is 25.9 Å². The topological polar surface area (TPSA) is 73.8 Å². The van der Waals surface area contributed by atoms with Gasteiger partial charge in [-0.3, -0.25) is 0 Å². The molecule has 0 aliphatic carbocycles. The third-order valence-electron chi connectivity index (χ3n) is 4.06. The molecule has 0 N–H and O–H groups in total. The van der Waals surface area contributed by atoms with Gasteiger partial charge in [-0.05, 0) is 40.5 Å². The summed E-state index contributed by atoms with van der Waals surface area (Å²) in [6.07, 6.45) is 1.00. The van der Waals surface area contributed by atoms with E-state index < -0.39 is 12.0 Å². The quantitative estimate of drug-likeness (QED) is 0.466. The Kier molecular flexibility index (Phi) is 4.61. The van der Waals surface area contributed by atoms with Crippen LogP contribution in [0.2, 0.25) is 0 Å². The normalized spacial score (nSPS) is 12.0. The standard InChI is InChI=1S/C17H13BrF3N7/c1-2-4-10-13(23-9-27-14(10)25-16(26-27)17(19,20)21)12-6-8-24-28(12)15-11(18)5-3-7-22-15/h3,5-9H,2,4H2,1H3. The van der Waals surface area contributed by atoms with Gasteiger partial charge in [-0.25, -0.2) is 24.1 Å². The third kappa shape index (κ3) is 3.15. The molecule has 0 bridgehead atoms. The van der Waals surface area contributed by atoms with E-state index in [1.165, 1.54) is 6.33 Å². The summed E-state index contributed by atoms with van der Waals surface area (Å²) in [5.41, 5.74) is 1.79. The van der Waals surface area contributed by atoms with Gasteiger partial charge in [-0.1, -0.05) is 13.3 Å². The van der Waals surface area contributed by atoms with Crippen LogP contribution in [-0.4, -0.2) is 34.3 Å². The number of hydrogen-bond donors (Lipinski definition) is 0. The van der Waals surface area contributed by atoms with E-state index >= 15 is 0 Å². The molecule has 0 spiro atoms. The number of hydrogen-bond acceptors (Lipinski definition) is 5. The van der Waals surface area contributed by atoms with Gasteiger partial charge in [0, 0.05) is 11.8 Å². The van der Waals surface area contributed by atoms with Gasteiger partial charge in [-0.15, -0.1) is 5.10 Å². The highest BCUT2D eigenvalue weighted by Gasteiger charge is 2.37. The Morgan fingerprint density at radius 1 is 1.14 bits per heavy atom. The summed E-state index contributed by atoms with van der Waals surface area (Å²) in [5.74, 6) is -0.645. The van der Waals surface area contributed by atoms with Crippen LogP contribution in [0.15, 0.2) is 41.4 Å². The van der Waals surface area contributed by atoms with Gasteiger partial charge in [0.25, 0.3) is 5.82 Å². The molecule has 0 fully saturated rings. The first-order valence-electron chi connectivity index (χ1n) is 8.37. The van der Waals surface area contributed by atoms with Crippen molar-refractivity contribution in [2.75, 3.05) is 0 Å². The minimum atomic E-state index is -4.63. The maximum Gasteiger partial charge on any atom is 0.453 e. The van der Waals surface area contributed by atoms with E-state index in [0.717, 1.165) is 8.99 Å². The van der Waals surface area contributed by atoms with Gasteiger partial charge in [0.1, 0.15) is 6.33 Å². The molecule has 0 aliphatic heterocycles. The molecule has 0 amide bonds. The number of aryl methyl sites for hydroxylation is 1. The molecule has 28 heavy (non-hydrogen) atoms. The summed E-state index contributed by atoms with van der Waals surface area (Å²) >= 11 is 3.44. The molecule has 0 unspecified atom stereocenters. The summed E-state index contributed by atoms with van der Waals surface area (Å²) in [5, 5.41) is 7.83. The maximum atomic E-state index is 13.1. The second-order valence-corrected chi connectivity index (χ2v) is 6.81. The van der Waals surface area contributed by atoms with Crippen LogP contribution in [0.5, 0.6) is 0 Å². The third-order valence-corrected chi connectivity index (χ3v) is 4.68. The van der Waals surface area contributed by atoms with Crippen molar-refractivity contribution in [3.8, 4) is 17.2 Å². The number of aromatic nitrogens is 7. The fourth-order valence-corrected chi connectivity index (χ4v) is 3.33. The molecule has 0 atom stereocenters.